The molecule has 0 aliphatic carbocycles. The van der Waals surface area contributed by atoms with Crippen LogP contribution in [0.5, 0.6) is 5.75 Å². The van der Waals surface area contributed by atoms with Crippen molar-refractivity contribution in [2.75, 3.05) is 7.05 Å². The Morgan fingerprint density at radius 2 is 1.57 bits per heavy atom. The molecule has 1 N–H and O–H groups in total. The highest BCUT2D eigenvalue weighted by Gasteiger charge is 2.09. The minimum absolute atomic E-state index is 0.235. The van der Waals surface area contributed by atoms with Gasteiger partial charge in [0.1, 0.15) is 5.75 Å². The maximum atomic E-state index is 5.70. The monoisotopic (exact) mass is 291 g/mol. The molecule has 0 aliphatic rings. The molecule has 1 rings (SSSR count). The van der Waals surface area contributed by atoms with Crippen LogP contribution in [0.25, 0.3) is 0 Å². The smallest absolute Gasteiger partial charge is 0.119 e. The average Bonchev–Trinajstić information content (AvgIpc) is 2.47. The minimum atomic E-state index is 0.235. The molecule has 1 atom stereocenters. The second-order valence-corrected chi connectivity index (χ2v) is 6.13. The fraction of sp³-hybridized carbons (Fsp3) is 0.684. The van der Waals surface area contributed by atoms with Crippen LogP contribution in [0, 0.1) is 0 Å². The number of benzene rings is 1. The van der Waals surface area contributed by atoms with Crippen LogP contribution in [-0.2, 0) is 0 Å². The standard InChI is InChI=1S/C19H33NO/c1-5-6-7-8-9-10-11-19(20-4)17-12-14-18(15-13-17)21-16(2)3/h12-16,19-20H,5-11H2,1-4H3. The number of hydrogen-bond donors (Lipinski definition) is 1. The lowest BCUT2D eigenvalue weighted by atomic mass is 9.99. The van der Waals surface area contributed by atoms with E-state index in [0.717, 1.165) is 5.75 Å². The van der Waals surface area contributed by atoms with E-state index < -0.39 is 0 Å². The van der Waals surface area contributed by atoms with Gasteiger partial charge in [-0.05, 0) is 45.0 Å². The van der Waals surface area contributed by atoms with Gasteiger partial charge in [-0.2, -0.15) is 0 Å². The first kappa shape index (κ1) is 18.0. The zero-order chi connectivity index (χ0) is 15.5. The number of nitrogens with one attached hydrogen (secondary N) is 1. The molecule has 0 amide bonds. The Bertz CT molecular complexity index is 358. The Balaban J connectivity index is 2.37. The van der Waals surface area contributed by atoms with Gasteiger partial charge in [0.2, 0.25) is 0 Å². The highest BCUT2D eigenvalue weighted by atomic mass is 16.5. The third kappa shape index (κ3) is 7.52. The SMILES string of the molecule is CCCCCCCCC(NC)c1ccc(OC(C)C)cc1. The van der Waals surface area contributed by atoms with Crippen LogP contribution in [-0.4, -0.2) is 13.2 Å². The van der Waals surface area contributed by atoms with E-state index in [0.29, 0.717) is 6.04 Å². The molecule has 0 saturated heterocycles. The molecule has 0 fully saturated rings. The lowest BCUT2D eigenvalue weighted by Gasteiger charge is -2.17. The fourth-order valence-corrected chi connectivity index (χ4v) is 2.66. The zero-order valence-corrected chi connectivity index (χ0v) is 14.3. The molecule has 0 spiro atoms. The molecule has 0 aliphatic heterocycles. The summed E-state index contributed by atoms with van der Waals surface area (Å²) in [4.78, 5) is 0. The molecule has 0 bridgehead atoms. The Morgan fingerprint density at radius 3 is 2.14 bits per heavy atom. The maximum absolute atomic E-state index is 5.70. The molecule has 1 aromatic rings. The van der Waals surface area contributed by atoms with E-state index in [-0.39, 0.29) is 6.10 Å². The average molecular weight is 291 g/mol. The van der Waals surface area contributed by atoms with Crippen molar-refractivity contribution in [1.82, 2.24) is 5.32 Å². The van der Waals surface area contributed by atoms with Gasteiger partial charge in [-0.25, -0.2) is 0 Å². The zero-order valence-electron chi connectivity index (χ0n) is 14.3. The summed E-state index contributed by atoms with van der Waals surface area (Å²) in [5.74, 6) is 0.961. The van der Waals surface area contributed by atoms with Crippen LogP contribution >= 0.6 is 0 Å². The molecule has 1 unspecified atom stereocenters. The maximum Gasteiger partial charge on any atom is 0.119 e. The van der Waals surface area contributed by atoms with Gasteiger partial charge in [-0.15, -0.1) is 0 Å². The highest BCUT2D eigenvalue weighted by Crippen LogP contribution is 2.23. The molecule has 0 radical (unpaired) electrons. The third-order valence-corrected chi connectivity index (χ3v) is 3.85. The Morgan fingerprint density at radius 1 is 0.952 bits per heavy atom. The van der Waals surface area contributed by atoms with Crippen molar-refractivity contribution < 1.29 is 4.74 Å². The quantitative estimate of drug-likeness (QED) is 0.545. The van der Waals surface area contributed by atoms with Crippen LogP contribution in [0.4, 0.5) is 0 Å². The number of rotatable bonds is 11. The first-order valence-electron chi connectivity index (χ1n) is 8.61. The van der Waals surface area contributed by atoms with Gasteiger partial charge in [0.15, 0.2) is 0 Å². The molecule has 120 valence electrons. The largest absolute Gasteiger partial charge is 0.491 e. The predicted molar refractivity (Wildman–Crippen MR) is 92.0 cm³/mol. The first-order chi connectivity index (χ1) is 10.2. The summed E-state index contributed by atoms with van der Waals surface area (Å²) in [6, 6.07) is 9.01. The first-order valence-corrected chi connectivity index (χ1v) is 8.61. The summed E-state index contributed by atoms with van der Waals surface area (Å²) in [6.45, 7) is 6.38. The number of ether oxygens (including phenoxy) is 1. The normalized spacial score (nSPS) is 12.6. The molecule has 2 nitrogen and oxygen atoms in total. The third-order valence-electron chi connectivity index (χ3n) is 3.85. The van der Waals surface area contributed by atoms with Crippen molar-refractivity contribution in [3.05, 3.63) is 29.8 Å². The lowest BCUT2D eigenvalue weighted by Crippen LogP contribution is -2.16. The van der Waals surface area contributed by atoms with E-state index in [1.165, 1.54) is 50.5 Å². The summed E-state index contributed by atoms with van der Waals surface area (Å²) < 4.78 is 5.70. The topological polar surface area (TPSA) is 21.3 Å². The van der Waals surface area contributed by atoms with Crippen molar-refractivity contribution in [3.63, 3.8) is 0 Å². The second kappa shape index (κ2) is 10.7. The predicted octanol–water partition coefficient (Wildman–Crippen LogP) is 5.48. The van der Waals surface area contributed by atoms with Gasteiger partial charge < -0.3 is 10.1 Å². The summed E-state index contributed by atoms with van der Waals surface area (Å²) in [5.41, 5.74) is 1.36. The summed E-state index contributed by atoms with van der Waals surface area (Å²) in [6.07, 6.45) is 9.59. The van der Waals surface area contributed by atoms with Crippen molar-refractivity contribution in [2.45, 2.75) is 77.9 Å². The molecular weight excluding hydrogens is 258 g/mol. The van der Waals surface area contributed by atoms with E-state index >= 15 is 0 Å². The van der Waals surface area contributed by atoms with E-state index in [1.807, 2.05) is 0 Å². The summed E-state index contributed by atoms with van der Waals surface area (Å²) in [5, 5.41) is 3.44. The van der Waals surface area contributed by atoms with E-state index in [9.17, 15) is 0 Å². The summed E-state index contributed by atoms with van der Waals surface area (Å²) >= 11 is 0. The van der Waals surface area contributed by atoms with E-state index in [2.05, 4.69) is 57.4 Å². The molecule has 21 heavy (non-hydrogen) atoms. The molecule has 1 aromatic carbocycles. The van der Waals surface area contributed by atoms with Gasteiger partial charge in [-0.3, -0.25) is 0 Å². The van der Waals surface area contributed by atoms with Crippen LogP contribution in [0.3, 0.4) is 0 Å². The van der Waals surface area contributed by atoms with Crippen molar-refractivity contribution in [2.24, 2.45) is 0 Å². The van der Waals surface area contributed by atoms with E-state index in [1.54, 1.807) is 0 Å². The number of hydrogen-bond acceptors (Lipinski definition) is 2. The van der Waals surface area contributed by atoms with Gasteiger partial charge in [0.25, 0.3) is 0 Å². The van der Waals surface area contributed by atoms with Gasteiger partial charge >= 0.3 is 0 Å². The molecule has 0 saturated carbocycles. The molecular formula is C19H33NO. The van der Waals surface area contributed by atoms with Crippen LogP contribution in [0.2, 0.25) is 0 Å². The molecule has 0 heterocycles. The second-order valence-electron chi connectivity index (χ2n) is 6.13. The van der Waals surface area contributed by atoms with Gasteiger partial charge in [-0.1, -0.05) is 57.6 Å². The Hall–Kier alpha value is -1.02. The minimum Gasteiger partial charge on any atom is -0.491 e. The van der Waals surface area contributed by atoms with Crippen molar-refractivity contribution >= 4 is 0 Å². The highest BCUT2D eigenvalue weighted by molar-refractivity contribution is 5.29. The van der Waals surface area contributed by atoms with Crippen LogP contribution < -0.4 is 10.1 Å². The Labute approximate surface area is 131 Å². The van der Waals surface area contributed by atoms with Crippen molar-refractivity contribution in [1.29, 1.82) is 0 Å². The lowest BCUT2D eigenvalue weighted by molar-refractivity contribution is 0.242. The van der Waals surface area contributed by atoms with Gasteiger partial charge in [0.05, 0.1) is 6.10 Å². The molecule has 0 aromatic heterocycles. The van der Waals surface area contributed by atoms with Crippen LogP contribution in [0.1, 0.15) is 77.3 Å². The van der Waals surface area contributed by atoms with E-state index in [4.69, 9.17) is 4.74 Å². The summed E-state index contributed by atoms with van der Waals surface area (Å²) in [7, 11) is 2.06. The van der Waals surface area contributed by atoms with Crippen molar-refractivity contribution in [3.8, 4) is 5.75 Å². The number of unbranched alkanes of at least 4 members (excludes halogenated alkanes) is 5. The van der Waals surface area contributed by atoms with Crippen LogP contribution in [0.15, 0.2) is 24.3 Å². The van der Waals surface area contributed by atoms with Gasteiger partial charge in [0, 0.05) is 6.04 Å². The molecule has 2 heteroatoms. The Kier molecular flexibility index (Phi) is 9.16. The fourth-order valence-electron chi connectivity index (χ4n) is 2.66.